The van der Waals surface area contributed by atoms with Crippen LogP contribution in [0.15, 0.2) is 48.5 Å². The minimum Gasteiger partial charge on any atom is -0.478 e. The third kappa shape index (κ3) is 4.21. The van der Waals surface area contributed by atoms with Gasteiger partial charge in [0.25, 0.3) is 0 Å². The Labute approximate surface area is 131 Å². The molecule has 23 heavy (non-hydrogen) atoms. The van der Waals surface area contributed by atoms with Gasteiger partial charge in [0.1, 0.15) is 17.7 Å². The van der Waals surface area contributed by atoms with Crippen LogP contribution in [0.5, 0.6) is 11.5 Å². The number of para-hydroxylation sites is 2. The van der Waals surface area contributed by atoms with Crippen molar-refractivity contribution in [3.63, 3.8) is 0 Å². The predicted octanol–water partition coefficient (Wildman–Crippen LogP) is 1.91. The van der Waals surface area contributed by atoms with Crippen molar-refractivity contribution in [2.45, 2.75) is 0 Å². The van der Waals surface area contributed by atoms with Gasteiger partial charge in [0.05, 0.1) is 6.61 Å². The minimum absolute atomic E-state index is 0.00136. The third-order valence-corrected chi connectivity index (χ3v) is 2.77. The van der Waals surface area contributed by atoms with Crippen LogP contribution in [0.1, 0.15) is 20.7 Å². The second kappa shape index (κ2) is 7.81. The van der Waals surface area contributed by atoms with Gasteiger partial charge < -0.3 is 14.9 Å². The molecular formula is C16H14O7. The largest absolute Gasteiger partial charge is 0.478 e. The van der Waals surface area contributed by atoms with Crippen LogP contribution < -0.4 is 9.78 Å². The van der Waals surface area contributed by atoms with E-state index in [1.165, 1.54) is 24.3 Å². The van der Waals surface area contributed by atoms with Crippen LogP contribution in [0.25, 0.3) is 0 Å². The van der Waals surface area contributed by atoms with Crippen molar-refractivity contribution in [2.24, 2.45) is 0 Å². The fourth-order valence-corrected chi connectivity index (χ4v) is 1.73. The normalized spacial score (nSPS) is 9.96. The zero-order valence-corrected chi connectivity index (χ0v) is 12.0. The van der Waals surface area contributed by atoms with E-state index in [1.807, 2.05) is 0 Å². The molecule has 2 rings (SSSR count). The maximum absolute atomic E-state index is 11.8. The number of hydrogen-bond acceptors (Lipinski definition) is 6. The molecule has 0 unspecified atom stereocenters. The summed E-state index contributed by atoms with van der Waals surface area (Å²) in [6.07, 6.45) is 0. The second-order valence-corrected chi connectivity index (χ2v) is 4.32. The minimum atomic E-state index is -1.17. The lowest BCUT2D eigenvalue weighted by molar-refractivity contribution is -0.101. The molecule has 0 fully saturated rings. The molecule has 0 radical (unpaired) electrons. The third-order valence-electron chi connectivity index (χ3n) is 2.77. The van der Waals surface area contributed by atoms with E-state index < -0.39 is 11.9 Å². The van der Waals surface area contributed by atoms with Gasteiger partial charge in [-0.3, -0.25) is 9.78 Å². The number of hydrogen-bond donors (Lipinski definition) is 2. The zero-order chi connectivity index (χ0) is 16.7. The number of rotatable bonds is 7. The average Bonchev–Trinajstić information content (AvgIpc) is 2.58. The molecule has 0 aromatic heterocycles. The highest BCUT2D eigenvalue weighted by Crippen LogP contribution is 2.23. The van der Waals surface area contributed by atoms with E-state index in [2.05, 4.69) is 0 Å². The van der Waals surface area contributed by atoms with Crippen molar-refractivity contribution in [1.29, 1.82) is 0 Å². The van der Waals surface area contributed by atoms with Crippen molar-refractivity contribution < 1.29 is 34.3 Å². The summed E-state index contributed by atoms with van der Waals surface area (Å²) in [4.78, 5) is 33.1. The Morgan fingerprint density at radius 1 is 0.870 bits per heavy atom. The first-order chi connectivity index (χ1) is 11.1. The number of carboxylic acid groups (broad SMARTS) is 1. The van der Waals surface area contributed by atoms with Gasteiger partial charge in [-0.25, -0.2) is 9.59 Å². The molecule has 0 saturated heterocycles. The van der Waals surface area contributed by atoms with E-state index in [1.54, 1.807) is 24.3 Å². The number of carboxylic acids is 1. The van der Waals surface area contributed by atoms with E-state index in [9.17, 15) is 9.59 Å². The molecule has 0 aliphatic heterocycles. The van der Waals surface area contributed by atoms with E-state index >= 15 is 0 Å². The van der Waals surface area contributed by atoms with Gasteiger partial charge >= 0.3 is 11.9 Å². The zero-order valence-electron chi connectivity index (χ0n) is 12.0. The molecule has 0 saturated carbocycles. The summed E-state index contributed by atoms with van der Waals surface area (Å²) in [7, 11) is 0. The van der Waals surface area contributed by atoms with Crippen LogP contribution in [0, 0.1) is 0 Å². The molecule has 0 spiro atoms. The lowest BCUT2D eigenvalue weighted by Crippen LogP contribution is -2.12. The van der Waals surface area contributed by atoms with Crippen LogP contribution in [-0.4, -0.2) is 35.4 Å². The number of aliphatic hydroxyl groups excluding tert-OH is 1. The van der Waals surface area contributed by atoms with Crippen molar-refractivity contribution >= 4 is 11.9 Å². The number of carbonyl (C=O) groups excluding carboxylic acids is 1. The molecule has 2 aromatic carbocycles. The molecule has 0 bridgehead atoms. The number of esters is 1. The first kappa shape index (κ1) is 16.3. The number of ether oxygens (including phenoxy) is 1. The van der Waals surface area contributed by atoms with E-state index in [0.717, 1.165) is 0 Å². The molecular weight excluding hydrogens is 304 g/mol. The Morgan fingerprint density at radius 3 is 1.96 bits per heavy atom. The molecule has 2 N–H and O–H groups in total. The molecule has 0 amide bonds. The predicted molar refractivity (Wildman–Crippen MR) is 78.5 cm³/mol. The van der Waals surface area contributed by atoms with Crippen LogP contribution in [0.3, 0.4) is 0 Å². The summed E-state index contributed by atoms with van der Waals surface area (Å²) >= 11 is 0. The Morgan fingerprint density at radius 2 is 1.39 bits per heavy atom. The highest BCUT2D eigenvalue weighted by atomic mass is 17.2. The average molecular weight is 318 g/mol. The van der Waals surface area contributed by atoms with Gasteiger partial charge in [-0.15, -0.1) is 0 Å². The van der Waals surface area contributed by atoms with Gasteiger partial charge in [0, 0.05) is 0 Å². The number of benzene rings is 2. The van der Waals surface area contributed by atoms with E-state index in [-0.39, 0.29) is 35.8 Å². The van der Waals surface area contributed by atoms with Crippen molar-refractivity contribution in [3.05, 3.63) is 59.7 Å². The Bertz CT molecular complexity index is 696. The van der Waals surface area contributed by atoms with Crippen LogP contribution in [0.2, 0.25) is 0 Å². The Balaban J connectivity index is 2.15. The van der Waals surface area contributed by atoms with Gasteiger partial charge in [0.2, 0.25) is 0 Å². The quantitative estimate of drug-likeness (QED) is 0.456. The molecule has 7 heteroatoms. The molecule has 7 nitrogen and oxygen atoms in total. The Hall–Kier alpha value is -3.06. The van der Waals surface area contributed by atoms with E-state index in [4.69, 9.17) is 24.7 Å². The van der Waals surface area contributed by atoms with Gasteiger partial charge in [-0.1, -0.05) is 24.3 Å². The topological polar surface area (TPSA) is 102 Å². The fraction of sp³-hybridized carbons (Fsp3) is 0.125. The maximum atomic E-state index is 11.8. The summed E-state index contributed by atoms with van der Waals surface area (Å²) in [6.45, 7) is -0.437. The first-order valence-electron chi connectivity index (χ1n) is 6.67. The summed E-state index contributed by atoms with van der Waals surface area (Å²) in [6, 6.07) is 12.1. The van der Waals surface area contributed by atoms with Crippen molar-refractivity contribution in [2.75, 3.05) is 13.2 Å². The van der Waals surface area contributed by atoms with Gasteiger partial charge in [-0.2, -0.15) is 0 Å². The SMILES string of the molecule is O=C(O)c1ccccc1OOc1ccccc1C(=O)OCCO. The Kier molecular flexibility index (Phi) is 5.54. The number of aromatic carboxylic acids is 1. The van der Waals surface area contributed by atoms with Gasteiger partial charge in [0.15, 0.2) is 11.5 Å². The summed E-state index contributed by atoms with van der Waals surface area (Å²) < 4.78 is 4.81. The summed E-state index contributed by atoms with van der Waals surface area (Å²) in [5, 5.41) is 17.7. The smallest absolute Gasteiger partial charge is 0.342 e. The summed E-state index contributed by atoms with van der Waals surface area (Å²) in [5.41, 5.74) is 0.0154. The van der Waals surface area contributed by atoms with Crippen molar-refractivity contribution in [1.82, 2.24) is 0 Å². The van der Waals surface area contributed by atoms with Crippen LogP contribution in [0.4, 0.5) is 0 Å². The molecule has 0 heterocycles. The monoisotopic (exact) mass is 318 g/mol. The lowest BCUT2D eigenvalue weighted by atomic mass is 10.2. The first-order valence-corrected chi connectivity index (χ1v) is 6.67. The molecule has 0 aliphatic carbocycles. The lowest BCUT2D eigenvalue weighted by Gasteiger charge is -2.11. The maximum Gasteiger partial charge on any atom is 0.342 e. The highest BCUT2D eigenvalue weighted by Gasteiger charge is 2.16. The fourth-order valence-electron chi connectivity index (χ4n) is 1.73. The van der Waals surface area contributed by atoms with Crippen molar-refractivity contribution in [3.8, 4) is 11.5 Å². The molecule has 0 aliphatic rings. The standard InChI is InChI=1S/C16H14O7/c17-9-10-21-16(20)12-6-2-4-8-14(12)23-22-13-7-3-1-5-11(13)15(18)19/h1-8,17H,9-10H2,(H,18,19). The number of aliphatic hydroxyl groups is 1. The van der Waals surface area contributed by atoms with Crippen LogP contribution in [-0.2, 0) is 4.74 Å². The van der Waals surface area contributed by atoms with Crippen LogP contribution >= 0.6 is 0 Å². The molecule has 0 atom stereocenters. The second-order valence-electron chi connectivity index (χ2n) is 4.32. The highest BCUT2D eigenvalue weighted by molar-refractivity contribution is 5.92. The molecule has 120 valence electrons. The number of carbonyl (C=O) groups is 2. The molecule has 2 aromatic rings. The summed E-state index contributed by atoms with van der Waals surface area (Å²) in [5.74, 6) is -1.79. The van der Waals surface area contributed by atoms with Gasteiger partial charge in [-0.05, 0) is 24.3 Å². The van der Waals surface area contributed by atoms with E-state index in [0.29, 0.717) is 0 Å².